The third kappa shape index (κ3) is 80.2. The number of hydrogen-bond donors (Lipinski definition) is 3. The van der Waals surface area contributed by atoms with Crippen LogP contribution in [-0.2, 0) is 65.4 Å². The van der Waals surface area contributed by atoms with Crippen LogP contribution in [-0.4, -0.2) is 96.7 Å². The van der Waals surface area contributed by atoms with E-state index in [1.54, 1.807) is 0 Å². The normalized spacial score (nSPS) is 14.7. The van der Waals surface area contributed by atoms with Crippen molar-refractivity contribution in [3.63, 3.8) is 0 Å². The third-order valence-corrected chi connectivity index (χ3v) is 18.7. The van der Waals surface area contributed by atoms with Crippen LogP contribution in [0.1, 0.15) is 310 Å². The SMILES string of the molecule is CC/C=C\C/C=C\C/C=C\C/C=C\C/C=C\CCCCCC(=O)OC[C@H](COP(=O)(O)OC[C@@H](O)COP(=O)(O)OC[C@@H](COC(=O)CCC/C=C\C/C=C\C/C=C\C/C=C\CCCCC)OC(=O)CCCCCCC/C=C\CCCCCCCC)OC(=O)CC/C=C\C/C=C\C/C=C\C/C=C\C/C=C\CCCCC. The fourth-order valence-corrected chi connectivity index (χ4v) is 12.0. The summed E-state index contributed by atoms with van der Waals surface area (Å²) in [4.78, 5) is 73.1. The molecule has 0 aromatic rings. The van der Waals surface area contributed by atoms with Gasteiger partial charge in [-0.05, 0) is 173 Å². The van der Waals surface area contributed by atoms with Crippen LogP contribution < -0.4 is 0 Å². The molecule has 0 aromatic heterocycles. The lowest BCUT2D eigenvalue weighted by atomic mass is 10.1. The second-order valence-electron chi connectivity index (χ2n) is 27.3. The number of aliphatic hydroxyl groups excluding tert-OH is 1. The lowest BCUT2D eigenvalue weighted by Gasteiger charge is -2.21. The van der Waals surface area contributed by atoms with E-state index < -0.39 is 97.5 Å². The first-order chi connectivity index (χ1) is 53.7. The van der Waals surface area contributed by atoms with Crippen molar-refractivity contribution in [2.75, 3.05) is 39.6 Å². The van der Waals surface area contributed by atoms with Crippen LogP contribution in [0.25, 0.3) is 0 Å². The minimum atomic E-state index is -5.02. The molecule has 0 saturated heterocycles. The molecular weight excluding hydrogens is 1430 g/mol. The lowest BCUT2D eigenvalue weighted by Crippen LogP contribution is -2.30. The molecule has 0 bridgehead atoms. The molecule has 0 radical (unpaired) electrons. The molecule has 0 spiro atoms. The summed E-state index contributed by atoms with van der Waals surface area (Å²) >= 11 is 0. The molecule has 0 aliphatic rings. The number of carbonyl (C=O) groups excluding carboxylic acids is 4. The van der Waals surface area contributed by atoms with Gasteiger partial charge >= 0.3 is 39.5 Å². The largest absolute Gasteiger partial charge is 0.472 e. The van der Waals surface area contributed by atoms with Gasteiger partial charge in [0.25, 0.3) is 0 Å². The molecule has 0 fully saturated rings. The van der Waals surface area contributed by atoms with Crippen LogP contribution in [0.15, 0.2) is 182 Å². The van der Waals surface area contributed by atoms with Gasteiger partial charge in [-0.2, -0.15) is 0 Å². The summed E-state index contributed by atoms with van der Waals surface area (Å²) in [6, 6.07) is 0. The Morgan fingerprint density at radius 3 is 0.855 bits per heavy atom. The van der Waals surface area contributed by atoms with Gasteiger partial charge in [0, 0.05) is 25.7 Å². The second-order valence-corrected chi connectivity index (χ2v) is 30.2. The topological polar surface area (TPSA) is 237 Å². The van der Waals surface area contributed by atoms with Crippen LogP contribution >= 0.6 is 15.6 Å². The maximum Gasteiger partial charge on any atom is 0.472 e. The van der Waals surface area contributed by atoms with Crippen molar-refractivity contribution in [2.24, 2.45) is 0 Å². The van der Waals surface area contributed by atoms with Gasteiger partial charge in [-0.25, -0.2) is 9.13 Å². The molecule has 5 atom stereocenters. The Bertz CT molecular complexity index is 2800. The number of carbonyl (C=O) groups is 4. The Labute approximate surface area is 666 Å². The smallest absolute Gasteiger partial charge is 0.462 e. The Morgan fingerprint density at radius 2 is 0.500 bits per heavy atom. The number of aliphatic hydroxyl groups is 1. The minimum absolute atomic E-state index is 0.0446. The minimum Gasteiger partial charge on any atom is -0.462 e. The number of esters is 4. The monoisotopic (exact) mass is 1580 g/mol. The third-order valence-electron chi connectivity index (χ3n) is 16.8. The molecule has 0 rings (SSSR count). The van der Waals surface area contributed by atoms with E-state index in [2.05, 4.69) is 180 Å². The van der Waals surface area contributed by atoms with Crippen molar-refractivity contribution in [3.05, 3.63) is 182 Å². The Kier molecular flexibility index (Phi) is 76.9. The van der Waals surface area contributed by atoms with E-state index in [9.17, 15) is 43.2 Å². The first-order valence-corrected chi connectivity index (χ1v) is 45.0. The van der Waals surface area contributed by atoms with E-state index in [0.29, 0.717) is 38.5 Å². The lowest BCUT2D eigenvalue weighted by molar-refractivity contribution is -0.161. The first kappa shape index (κ1) is 104. The maximum absolute atomic E-state index is 13.1. The Hall–Kier alpha value is -5.84. The predicted octanol–water partition coefficient (Wildman–Crippen LogP) is 25.1. The summed E-state index contributed by atoms with van der Waals surface area (Å²) in [6.45, 7) is 4.50. The van der Waals surface area contributed by atoms with Gasteiger partial charge in [0.2, 0.25) is 0 Å². The molecule has 624 valence electrons. The first-order valence-electron chi connectivity index (χ1n) is 42.0. The quantitative estimate of drug-likeness (QED) is 0.0169. The van der Waals surface area contributed by atoms with Crippen molar-refractivity contribution in [1.29, 1.82) is 0 Å². The molecule has 2 unspecified atom stereocenters. The van der Waals surface area contributed by atoms with E-state index in [1.807, 2.05) is 30.4 Å². The number of phosphoric ester groups is 2. The van der Waals surface area contributed by atoms with Crippen LogP contribution in [0.4, 0.5) is 0 Å². The number of phosphoric acid groups is 2. The van der Waals surface area contributed by atoms with Gasteiger partial charge in [-0.1, -0.05) is 293 Å². The van der Waals surface area contributed by atoms with Crippen LogP contribution in [0.5, 0.6) is 0 Å². The van der Waals surface area contributed by atoms with E-state index in [-0.39, 0.29) is 25.7 Å². The fourth-order valence-electron chi connectivity index (χ4n) is 10.5. The number of allylic oxidation sites excluding steroid dienone is 30. The molecule has 3 N–H and O–H groups in total. The van der Waals surface area contributed by atoms with Gasteiger partial charge in [0.05, 0.1) is 26.4 Å². The van der Waals surface area contributed by atoms with E-state index in [0.717, 1.165) is 141 Å². The highest BCUT2D eigenvalue weighted by molar-refractivity contribution is 7.47. The highest BCUT2D eigenvalue weighted by Crippen LogP contribution is 2.45. The van der Waals surface area contributed by atoms with Crippen molar-refractivity contribution >= 4 is 39.5 Å². The molecule has 19 heteroatoms. The van der Waals surface area contributed by atoms with Gasteiger partial charge in [0.1, 0.15) is 19.3 Å². The second kappa shape index (κ2) is 81.2. The molecule has 0 aliphatic carbocycles. The summed E-state index contributed by atoms with van der Waals surface area (Å²) in [5.74, 6) is -2.40. The fraction of sp³-hybridized carbons (Fsp3) is 0.626. The van der Waals surface area contributed by atoms with E-state index >= 15 is 0 Å². The summed E-state index contributed by atoms with van der Waals surface area (Å²) in [7, 11) is -10.0. The molecule has 110 heavy (non-hydrogen) atoms. The van der Waals surface area contributed by atoms with Gasteiger partial charge in [-0.3, -0.25) is 37.3 Å². The summed E-state index contributed by atoms with van der Waals surface area (Å²) in [5, 5.41) is 10.7. The van der Waals surface area contributed by atoms with Gasteiger partial charge in [-0.15, -0.1) is 0 Å². The molecule has 0 amide bonds. The van der Waals surface area contributed by atoms with Crippen LogP contribution in [0.2, 0.25) is 0 Å². The van der Waals surface area contributed by atoms with Crippen molar-refractivity contribution in [1.82, 2.24) is 0 Å². The molecule has 0 saturated carbocycles. The molecular formula is C91H148O17P2. The van der Waals surface area contributed by atoms with Gasteiger partial charge in [0.15, 0.2) is 12.2 Å². The average molecular weight is 1580 g/mol. The average Bonchev–Trinajstić information content (AvgIpc) is 0.900. The highest BCUT2D eigenvalue weighted by atomic mass is 31.2. The van der Waals surface area contributed by atoms with Crippen molar-refractivity contribution in [3.8, 4) is 0 Å². The highest BCUT2D eigenvalue weighted by Gasteiger charge is 2.30. The van der Waals surface area contributed by atoms with E-state index in [1.165, 1.54) is 77.0 Å². The zero-order chi connectivity index (χ0) is 80.3. The van der Waals surface area contributed by atoms with Gasteiger partial charge < -0.3 is 33.8 Å². The number of hydrogen-bond acceptors (Lipinski definition) is 15. The predicted molar refractivity (Wildman–Crippen MR) is 454 cm³/mol. The zero-order valence-corrected chi connectivity index (χ0v) is 70.1. The molecule has 0 aliphatic heterocycles. The molecule has 0 heterocycles. The molecule has 0 aromatic carbocycles. The number of rotatable bonds is 77. The van der Waals surface area contributed by atoms with Crippen molar-refractivity contribution in [2.45, 2.75) is 329 Å². The number of ether oxygens (including phenoxy) is 4. The molecule has 17 nitrogen and oxygen atoms in total. The van der Waals surface area contributed by atoms with Crippen LogP contribution in [0, 0.1) is 0 Å². The number of unbranched alkanes of at least 4 members (excludes halogenated alkanes) is 21. The maximum atomic E-state index is 13.1. The van der Waals surface area contributed by atoms with Crippen molar-refractivity contribution < 1.29 is 80.2 Å². The van der Waals surface area contributed by atoms with Crippen LogP contribution in [0.3, 0.4) is 0 Å². The Morgan fingerprint density at radius 1 is 0.264 bits per heavy atom. The zero-order valence-electron chi connectivity index (χ0n) is 68.4. The summed E-state index contributed by atoms with van der Waals surface area (Å²) < 4.78 is 68.6. The van der Waals surface area contributed by atoms with E-state index in [4.69, 9.17) is 37.0 Å². The summed E-state index contributed by atoms with van der Waals surface area (Å²) in [6.07, 6.45) is 98.8. The summed E-state index contributed by atoms with van der Waals surface area (Å²) in [5.41, 5.74) is 0. The Balaban J connectivity index is 5.55. The standard InChI is InChI=1S/C91H148O17P2/c1-5-9-13-17-21-25-29-33-37-40-42-45-49-52-56-60-64-68-72-76-89(94)102-82-87(108-91(96)78-74-70-66-62-58-54-50-46-43-41-38-34-30-26-22-18-14-10-6-2)84-106-110(99,100)104-80-85(92)79-103-109(97,98)105-83-86(107-90(95)77-73-69-65-61-57-53-47-36-32-28-24-20-16-12-8-4)81-101-88(93)75-71-67-63-59-55-51-48-44-39-35-31-27-23-19-15-11-7-3/h9,13,21-23,25-27,33-39,42-43,45-48,51-52,54,56,58-59,63,66,70,85-87,92H,5-8,10-12,14-20,24,28-32,40-41,44,49-50,53,55,57,60-62,64-65,67-69,71-84H2,1-4H3,(H,97,98)(H,99,100)/b13-9-,25-21-,26-22-,27-23-,37-33-,38-34-,39-35-,45-42-,46-43-,47-36-,51-48-,56-52-,58-54-,63-59-,70-66-/t85-,86+,87+/m0/s1.